The van der Waals surface area contributed by atoms with Gasteiger partial charge in [0.05, 0.1) is 6.10 Å². The summed E-state index contributed by atoms with van der Waals surface area (Å²) < 4.78 is 5.85. The molecule has 0 rings (SSSR count). The molecule has 0 aliphatic carbocycles. The summed E-state index contributed by atoms with van der Waals surface area (Å²) in [6.45, 7) is 10.0. The lowest BCUT2D eigenvalue weighted by molar-refractivity contribution is 0.0494. The van der Waals surface area contributed by atoms with Crippen molar-refractivity contribution in [1.29, 1.82) is 0 Å². The van der Waals surface area contributed by atoms with Crippen LogP contribution in [0.5, 0.6) is 0 Å². The molecule has 22 heavy (non-hydrogen) atoms. The highest BCUT2D eigenvalue weighted by molar-refractivity contribution is 4.54. The summed E-state index contributed by atoms with van der Waals surface area (Å²) in [5.74, 6) is 0.752. The lowest BCUT2D eigenvalue weighted by atomic mass is 10.0. The Bertz CT molecular complexity index is 200. The van der Waals surface area contributed by atoms with Crippen molar-refractivity contribution in [2.24, 2.45) is 5.92 Å². The lowest BCUT2D eigenvalue weighted by Crippen LogP contribution is -2.12. The van der Waals surface area contributed by atoms with E-state index in [0.29, 0.717) is 6.10 Å². The van der Waals surface area contributed by atoms with Crippen LogP contribution in [-0.2, 0) is 4.74 Å². The second kappa shape index (κ2) is 17.3. The molecule has 1 unspecified atom stereocenters. The molecule has 0 aliphatic heterocycles. The van der Waals surface area contributed by atoms with E-state index >= 15 is 0 Å². The van der Waals surface area contributed by atoms with E-state index in [0.717, 1.165) is 12.5 Å². The number of hydrogen-bond acceptors (Lipinski definition) is 1. The van der Waals surface area contributed by atoms with Gasteiger partial charge in [-0.25, -0.2) is 0 Å². The minimum atomic E-state index is 0.442. The molecule has 0 aromatic heterocycles. The molecule has 0 heterocycles. The summed E-state index contributed by atoms with van der Waals surface area (Å²) in [6, 6.07) is 0. The van der Waals surface area contributed by atoms with Crippen molar-refractivity contribution < 1.29 is 4.74 Å². The maximum atomic E-state index is 5.85. The third-order valence-corrected chi connectivity index (χ3v) is 4.45. The highest BCUT2D eigenvalue weighted by Gasteiger charge is 2.04. The average Bonchev–Trinajstić information content (AvgIpc) is 2.47. The van der Waals surface area contributed by atoms with Crippen LogP contribution in [0, 0.1) is 5.92 Å². The molecule has 0 fully saturated rings. The Morgan fingerprint density at radius 2 is 1.00 bits per heavy atom. The third-order valence-electron chi connectivity index (χ3n) is 4.45. The van der Waals surface area contributed by atoms with Crippen LogP contribution in [0.25, 0.3) is 0 Å². The van der Waals surface area contributed by atoms with E-state index in [-0.39, 0.29) is 0 Å². The van der Waals surface area contributed by atoms with E-state index in [4.69, 9.17) is 4.74 Å². The molecule has 1 heteroatoms. The summed E-state index contributed by atoms with van der Waals surface area (Å²) >= 11 is 0. The maximum Gasteiger partial charge on any atom is 0.0549 e. The van der Waals surface area contributed by atoms with Crippen molar-refractivity contribution in [2.75, 3.05) is 6.61 Å². The van der Waals surface area contributed by atoms with Gasteiger partial charge in [-0.2, -0.15) is 0 Å². The highest BCUT2D eigenvalue weighted by atomic mass is 16.5. The van der Waals surface area contributed by atoms with Gasteiger partial charge in [-0.3, -0.25) is 0 Å². The Labute approximate surface area is 141 Å². The number of unbranched alkanes of at least 4 members (excludes halogenated alkanes) is 12. The molecule has 1 nitrogen and oxygen atoms in total. The largest absolute Gasteiger partial charge is 0.379 e. The van der Waals surface area contributed by atoms with Gasteiger partial charge in [-0.05, 0) is 25.7 Å². The quantitative estimate of drug-likeness (QED) is 0.252. The second-order valence-corrected chi connectivity index (χ2v) is 7.55. The third kappa shape index (κ3) is 18.0. The highest BCUT2D eigenvalue weighted by Crippen LogP contribution is 2.13. The molecule has 0 N–H and O–H groups in total. The van der Waals surface area contributed by atoms with Gasteiger partial charge in [0, 0.05) is 6.61 Å². The predicted octanol–water partition coefficient (Wildman–Crippen LogP) is 7.53. The number of rotatable bonds is 17. The van der Waals surface area contributed by atoms with Crippen LogP contribution in [0.15, 0.2) is 0 Å². The van der Waals surface area contributed by atoms with Crippen molar-refractivity contribution in [3.05, 3.63) is 0 Å². The van der Waals surface area contributed by atoms with Crippen LogP contribution in [0.2, 0.25) is 0 Å². The molecule has 0 aromatic carbocycles. The first-order valence-electron chi connectivity index (χ1n) is 10.3. The van der Waals surface area contributed by atoms with Crippen LogP contribution in [0.1, 0.15) is 118 Å². The Hall–Kier alpha value is -0.0400. The fourth-order valence-electron chi connectivity index (χ4n) is 3.14. The van der Waals surface area contributed by atoms with Gasteiger partial charge in [0.2, 0.25) is 0 Å². The molecule has 1 atom stereocenters. The van der Waals surface area contributed by atoms with Crippen molar-refractivity contribution in [3.8, 4) is 0 Å². The summed E-state index contributed by atoms with van der Waals surface area (Å²) in [5, 5.41) is 0. The fourth-order valence-corrected chi connectivity index (χ4v) is 3.14. The van der Waals surface area contributed by atoms with Gasteiger partial charge >= 0.3 is 0 Å². The zero-order valence-electron chi connectivity index (χ0n) is 16.2. The molecule has 0 aromatic rings. The van der Waals surface area contributed by atoms with Gasteiger partial charge in [0.1, 0.15) is 0 Å². The van der Waals surface area contributed by atoms with Gasteiger partial charge in [-0.15, -0.1) is 0 Å². The molecular weight excluding hydrogens is 268 g/mol. The summed E-state index contributed by atoms with van der Waals surface area (Å²) in [4.78, 5) is 0. The summed E-state index contributed by atoms with van der Waals surface area (Å²) in [5.41, 5.74) is 0. The minimum Gasteiger partial charge on any atom is -0.379 e. The Morgan fingerprint density at radius 3 is 1.41 bits per heavy atom. The normalized spacial score (nSPS) is 13.0. The average molecular weight is 313 g/mol. The Morgan fingerprint density at radius 1 is 0.591 bits per heavy atom. The zero-order valence-corrected chi connectivity index (χ0v) is 16.2. The predicted molar refractivity (Wildman–Crippen MR) is 101 cm³/mol. The second-order valence-electron chi connectivity index (χ2n) is 7.55. The Kier molecular flexibility index (Phi) is 17.3. The van der Waals surface area contributed by atoms with Gasteiger partial charge in [-0.1, -0.05) is 97.8 Å². The van der Waals surface area contributed by atoms with E-state index in [2.05, 4.69) is 27.7 Å². The number of ether oxygens (including phenoxy) is 1. The smallest absolute Gasteiger partial charge is 0.0549 e. The van der Waals surface area contributed by atoms with E-state index in [1.54, 1.807) is 0 Å². The zero-order chi connectivity index (χ0) is 16.5. The van der Waals surface area contributed by atoms with Crippen molar-refractivity contribution in [2.45, 2.75) is 124 Å². The molecule has 0 aliphatic rings. The van der Waals surface area contributed by atoms with Crippen LogP contribution in [0.4, 0.5) is 0 Å². The first kappa shape index (κ1) is 22.0. The van der Waals surface area contributed by atoms with Crippen LogP contribution < -0.4 is 0 Å². The van der Waals surface area contributed by atoms with Gasteiger partial charge in [0.15, 0.2) is 0 Å². The topological polar surface area (TPSA) is 9.23 Å². The monoisotopic (exact) mass is 312 g/mol. The van der Waals surface area contributed by atoms with E-state index in [1.807, 2.05) is 0 Å². The summed E-state index contributed by atoms with van der Waals surface area (Å²) in [7, 11) is 0. The summed E-state index contributed by atoms with van der Waals surface area (Å²) in [6.07, 6.45) is 20.1. The van der Waals surface area contributed by atoms with Gasteiger partial charge < -0.3 is 4.74 Å². The Balaban J connectivity index is 3.05. The molecule has 0 spiro atoms. The molecule has 0 saturated heterocycles. The van der Waals surface area contributed by atoms with Crippen molar-refractivity contribution in [1.82, 2.24) is 0 Å². The first-order chi connectivity index (χ1) is 10.7. The molecule has 0 amide bonds. The first-order valence-corrected chi connectivity index (χ1v) is 10.3. The van der Waals surface area contributed by atoms with E-state index < -0.39 is 0 Å². The van der Waals surface area contributed by atoms with Gasteiger partial charge in [0.25, 0.3) is 0 Å². The standard InChI is InChI=1S/C21H44O/c1-5-6-7-8-9-10-11-12-13-14-15-16-17-18-22-21(4)19-20(2)3/h20-21H,5-19H2,1-4H3. The molecule has 134 valence electrons. The van der Waals surface area contributed by atoms with E-state index in [9.17, 15) is 0 Å². The molecule has 0 radical (unpaired) electrons. The van der Waals surface area contributed by atoms with Crippen LogP contribution in [0.3, 0.4) is 0 Å². The SMILES string of the molecule is CCCCCCCCCCCCCCCOC(C)CC(C)C. The van der Waals surface area contributed by atoms with Crippen LogP contribution in [-0.4, -0.2) is 12.7 Å². The molecule has 0 saturated carbocycles. The molecular formula is C21H44O. The van der Waals surface area contributed by atoms with Crippen molar-refractivity contribution >= 4 is 0 Å². The molecule has 0 bridgehead atoms. The lowest BCUT2D eigenvalue weighted by Gasteiger charge is -2.14. The van der Waals surface area contributed by atoms with Crippen molar-refractivity contribution in [3.63, 3.8) is 0 Å². The minimum absolute atomic E-state index is 0.442. The van der Waals surface area contributed by atoms with Crippen LogP contribution >= 0.6 is 0 Å². The maximum absolute atomic E-state index is 5.85. The fraction of sp³-hybridized carbons (Fsp3) is 1.00. The van der Waals surface area contributed by atoms with E-state index in [1.165, 1.54) is 89.9 Å². The number of hydrogen-bond donors (Lipinski definition) is 0.